The Balaban J connectivity index is 3.05. The average Bonchev–Trinajstić information content (AvgIpc) is 1.61. The van der Waals surface area contributed by atoms with Crippen molar-refractivity contribution >= 4 is 38.0 Å². The molecule has 48 valence electrons. The van der Waals surface area contributed by atoms with E-state index in [0.29, 0.717) is 0 Å². The van der Waals surface area contributed by atoms with Gasteiger partial charge in [-0.2, -0.15) is 0 Å². The summed E-state index contributed by atoms with van der Waals surface area (Å²) in [6, 6.07) is 0. The van der Waals surface area contributed by atoms with Crippen LogP contribution < -0.4 is 5.73 Å². The van der Waals surface area contributed by atoms with Crippen LogP contribution in [0.15, 0.2) is 0 Å². The van der Waals surface area contributed by atoms with Crippen LogP contribution in [-0.4, -0.2) is 16.4 Å². The van der Waals surface area contributed by atoms with Crippen molar-refractivity contribution in [2.75, 3.05) is 6.61 Å². The van der Waals surface area contributed by atoms with Gasteiger partial charge in [0.25, 0.3) is 0 Å². The van der Waals surface area contributed by atoms with Crippen molar-refractivity contribution in [2.24, 2.45) is 5.73 Å². The number of hydrogen-bond donors (Lipinski definition) is 1. The number of hydrogen-bond acceptors (Lipinski definition) is 2. The van der Waals surface area contributed by atoms with Gasteiger partial charge in [-0.05, 0) is 0 Å². The van der Waals surface area contributed by atoms with Crippen molar-refractivity contribution in [2.45, 2.75) is 3.74 Å². The number of alkyl halides is 2. The predicted octanol–water partition coefficient (Wildman–Crippen LogP) is 1.20. The minimum atomic E-state index is -0.756. The van der Waals surface area contributed by atoms with Crippen LogP contribution in [0.5, 0.6) is 0 Å². The maximum absolute atomic E-state index is 9.86. The van der Waals surface area contributed by atoms with Crippen molar-refractivity contribution in [1.29, 1.82) is 0 Å². The first-order chi connectivity index (χ1) is 3.63. The molecule has 0 bridgehead atoms. The zero-order valence-corrected chi connectivity index (χ0v) is 7.11. The standard InChI is InChI=1S/C3H5Br2NO2/c4-2(5)1-8-3(6)7/h2H,1H2,(H2,6,7). The largest absolute Gasteiger partial charge is 0.448 e. The van der Waals surface area contributed by atoms with Crippen LogP contribution in [0.2, 0.25) is 0 Å². The van der Waals surface area contributed by atoms with Gasteiger partial charge in [-0.15, -0.1) is 0 Å². The Kier molecular flexibility index (Phi) is 4.26. The number of nitrogens with two attached hydrogens (primary N) is 1. The monoisotopic (exact) mass is 245 g/mol. The number of amides is 1. The molecular weight excluding hydrogens is 242 g/mol. The summed E-state index contributed by atoms with van der Waals surface area (Å²) in [5, 5.41) is 0. The molecule has 0 fully saturated rings. The zero-order chi connectivity index (χ0) is 6.57. The van der Waals surface area contributed by atoms with Gasteiger partial charge in [-0.1, -0.05) is 31.9 Å². The lowest BCUT2D eigenvalue weighted by atomic mass is 10.9. The molecule has 8 heavy (non-hydrogen) atoms. The molecule has 0 aromatic rings. The first-order valence-electron chi connectivity index (χ1n) is 1.83. The van der Waals surface area contributed by atoms with Crippen LogP contribution in [-0.2, 0) is 4.74 Å². The van der Waals surface area contributed by atoms with Gasteiger partial charge < -0.3 is 10.5 Å². The Morgan fingerprint density at radius 1 is 1.75 bits per heavy atom. The number of primary amides is 1. The van der Waals surface area contributed by atoms with E-state index < -0.39 is 6.09 Å². The molecule has 0 unspecified atom stereocenters. The van der Waals surface area contributed by atoms with Crippen molar-refractivity contribution < 1.29 is 9.53 Å². The molecule has 2 N–H and O–H groups in total. The summed E-state index contributed by atoms with van der Waals surface area (Å²) in [4.78, 5) is 9.86. The Labute approximate surface area is 63.8 Å². The highest BCUT2D eigenvalue weighted by molar-refractivity contribution is 9.24. The molecule has 0 saturated carbocycles. The summed E-state index contributed by atoms with van der Waals surface area (Å²) in [6.45, 7) is 0.245. The Morgan fingerprint density at radius 2 is 2.25 bits per heavy atom. The van der Waals surface area contributed by atoms with E-state index in [4.69, 9.17) is 0 Å². The third-order valence-electron chi connectivity index (χ3n) is 0.352. The van der Waals surface area contributed by atoms with Crippen molar-refractivity contribution in [1.82, 2.24) is 0 Å². The van der Waals surface area contributed by atoms with Gasteiger partial charge in [0.15, 0.2) is 0 Å². The van der Waals surface area contributed by atoms with Crippen LogP contribution in [0.3, 0.4) is 0 Å². The van der Waals surface area contributed by atoms with Crippen LogP contribution in [0.1, 0.15) is 0 Å². The molecule has 0 aliphatic rings. The van der Waals surface area contributed by atoms with E-state index in [9.17, 15) is 4.79 Å². The minimum absolute atomic E-state index is 0.0116. The highest BCUT2D eigenvalue weighted by atomic mass is 79.9. The fourth-order valence-electron chi connectivity index (χ4n) is 0.145. The Morgan fingerprint density at radius 3 is 2.38 bits per heavy atom. The number of ether oxygens (including phenoxy) is 1. The normalized spacial score (nSPS) is 9.38. The third-order valence-corrected chi connectivity index (χ3v) is 0.880. The van der Waals surface area contributed by atoms with Crippen molar-refractivity contribution in [3.63, 3.8) is 0 Å². The summed E-state index contributed by atoms with van der Waals surface area (Å²) in [5.41, 5.74) is 4.64. The quantitative estimate of drug-likeness (QED) is 0.745. The van der Waals surface area contributed by atoms with Crippen LogP contribution in [0.25, 0.3) is 0 Å². The third kappa shape index (κ3) is 6.23. The molecule has 0 aromatic carbocycles. The predicted molar refractivity (Wildman–Crippen MR) is 37.2 cm³/mol. The zero-order valence-electron chi connectivity index (χ0n) is 3.93. The number of rotatable bonds is 2. The smallest absolute Gasteiger partial charge is 0.404 e. The fraction of sp³-hybridized carbons (Fsp3) is 0.667. The van der Waals surface area contributed by atoms with Crippen molar-refractivity contribution in [3.05, 3.63) is 0 Å². The van der Waals surface area contributed by atoms with E-state index in [1.807, 2.05) is 0 Å². The van der Waals surface area contributed by atoms with E-state index in [1.165, 1.54) is 0 Å². The second-order valence-electron chi connectivity index (χ2n) is 1.02. The van der Waals surface area contributed by atoms with Gasteiger partial charge in [0.2, 0.25) is 0 Å². The summed E-state index contributed by atoms with van der Waals surface area (Å²) < 4.78 is 4.34. The van der Waals surface area contributed by atoms with Gasteiger partial charge in [-0.25, -0.2) is 4.79 Å². The second-order valence-corrected chi connectivity index (χ2v) is 4.46. The highest BCUT2D eigenvalue weighted by Gasteiger charge is 1.98. The topological polar surface area (TPSA) is 52.3 Å². The molecule has 0 atom stereocenters. The summed E-state index contributed by atoms with van der Waals surface area (Å²) in [6.07, 6.45) is -0.756. The molecule has 5 heteroatoms. The molecule has 0 rings (SSSR count). The molecule has 1 amide bonds. The first kappa shape index (κ1) is 8.23. The van der Waals surface area contributed by atoms with Crippen LogP contribution in [0.4, 0.5) is 4.79 Å². The van der Waals surface area contributed by atoms with Crippen LogP contribution >= 0.6 is 31.9 Å². The Hall–Kier alpha value is 0.230. The summed E-state index contributed by atoms with van der Waals surface area (Å²) >= 11 is 6.17. The minimum Gasteiger partial charge on any atom is -0.448 e. The van der Waals surface area contributed by atoms with Crippen LogP contribution in [0, 0.1) is 0 Å². The van der Waals surface area contributed by atoms with Gasteiger partial charge >= 0.3 is 6.09 Å². The molecular formula is C3H5Br2NO2. The summed E-state index contributed by atoms with van der Waals surface area (Å²) in [5.74, 6) is 0. The van der Waals surface area contributed by atoms with Gasteiger partial charge in [-0.3, -0.25) is 0 Å². The number of carbonyl (C=O) groups is 1. The molecule has 0 aliphatic heterocycles. The summed E-state index contributed by atoms with van der Waals surface area (Å²) in [7, 11) is 0. The molecule has 0 radical (unpaired) electrons. The molecule has 0 heterocycles. The molecule has 0 saturated heterocycles. The van der Waals surface area contributed by atoms with Crippen molar-refractivity contribution in [3.8, 4) is 0 Å². The van der Waals surface area contributed by atoms with E-state index in [2.05, 4.69) is 42.3 Å². The van der Waals surface area contributed by atoms with Gasteiger partial charge in [0, 0.05) is 0 Å². The lowest BCUT2D eigenvalue weighted by Gasteiger charge is -1.99. The number of carbonyl (C=O) groups excluding carboxylic acids is 1. The molecule has 0 spiro atoms. The lowest BCUT2D eigenvalue weighted by molar-refractivity contribution is 0.163. The van der Waals surface area contributed by atoms with E-state index >= 15 is 0 Å². The average molecular weight is 247 g/mol. The molecule has 0 aliphatic carbocycles. The fourth-order valence-corrected chi connectivity index (χ4v) is 0.409. The lowest BCUT2D eigenvalue weighted by Crippen LogP contribution is -2.16. The SMILES string of the molecule is NC(=O)OCC(Br)Br. The van der Waals surface area contributed by atoms with E-state index in [-0.39, 0.29) is 10.3 Å². The maximum atomic E-state index is 9.86. The first-order valence-corrected chi connectivity index (χ1v) is 3.66. The van der Waals surface area contributed by atoms with E-state index in [0.717, 1.165) is 0 Å². The number of halogens is 2. The second kappa shape index (κ2) is 4.14. The molecule has 0 aromatic heterocycles. The van der Waals surface area contributed by atoms with Gasteiger partial charge in [0.1, 0.15) is 10.3 Å². The molecule has 3 nitrogen and oxygen atoms in total. The van der Waals surface area contributed by atoms with E-state index in [1.54, 1.807) is 0 Å². The maximum Gasteiger partial charge on any atom is 0.404 e. The highest BCUT2D eigenvalue weighted by Crippen LogP contribution is 2.06. The van der Waals surface area contributed by atoms with Gasteiger partial charge in [0.05, 0.1) is 0 Å². The Bertz CT molecular complexity index is 85.4.